The van der Waals surface area contributed by atoms with Gasteiger partial charge >= 0.3 is 12.1 Å². The molecule has 1 rings (SSSR count). The maximum absolute atomic E-state index is 12.2. The average Bonchev–Trinajstić information content (AvgIpc) is 2.49. The second-order valence-corrected chi connectivity index (χ2v) is 5.46. The molecule has 0 aliphatic rings. The van der Waals surface area contributed by atoms with E-state index >= 15 is 0 Å². The van der Waals surface area contributed by atoms with Crippen LogP contribution in [0.3, 0.4) is 0 Å². The van der Waals surface area contributed by atoms with Gasteiger partial charge in [0.25, 0.3) is 0 Å². The SMILES string of the molecule is C=CCN(C(=O)OCc1ccccc1)C(CC(C)C)C(=O)O. The Morgan fingerprint density at radius 3 is 2.45 bits per heavy atom. The van der Waals surface area contributed by atoms with Crippen molar-refractivity contribution < 1.29 is 19.4 Å². The molecule has 120 valence electrons. The molecule has 1 N–H and O–H groups in total. The zero-order valence-electron chi connectivity index (χ0n) is 13.1. The van der Waals surface area contributed by atoms with E-state index in [1.54, 1.807) is 0 Å². The van der Waals surface area contributed by atoms with Gasteiger partial charge < -0.3 is 9.84 Å². The molecular formula is C17H23NO4. The number of carboxylic acids is 1. The third-order valence-corrected chi connectivity index (χ3v) is 3.12. The van der Waals surface area contributed by atoms with Gasteiger partial charge in [0.05, 0.1) is 0 Å². The van der Waals surface area contributed by atoms with E-state index < -0.39 is 18.1 Å². The van der Waals surface area contributed by atoms with Gasteiger partial charge in [-0.1, -0.05) is 50.3 Å². The first kappa shape index (κ1) is 17.8. The molecule has 0 aliphatic heterocycles. The van der Waals surface area contributed by atoms with E-state index in [-0.39, 0.29) is 19.1 Å². The highest BCUT2D eigenvalue weighted by Gasteiger charge is 2.30. The van der Waals surface area contributed by atoms with Gasteiger partial charge in [-0.25, -0.2) is 9.59 Å². The maximum Gasteiger partial charge on any atom is 0.411 e. The Hall–Kier alpha value is -2.30. The molecule has 0 fully saturated rings. The molecule has 1 amide bonds. The highest BCUT2D eigenvalue weighted by molar-refractivity contribution is 5.80. The van der Waals surface area contributed by atoms with E-state index in [1.807, 2.05) is 44.2 Å². The standard InChI is InChI=1S/C17H23NO4/c1-4-10-18(15(16(19)20)11-13(2)3)17(21)22-12-14-8-6-5-7-9-14/h4-9,13,15H,1,10-12H2,2-3H3,(H,19,20). The molecule has 1 aromatic rings. The number of amides is 1. The van der Waals surface area contributed by atoms with Crippen molar-refractivity contribution in [1.29, 1.82) is 0 Å². The van der Waals surface area contributed by atoms with E-state index in [0.29, 0.717) is 6.42 Å². The van der Waals surface area contributed by atoms with Gasteiger partial charge in [0.1, 0.15) is 12.6 Å². The van der Waals surface area contributed by atoms with Crippen molar-refractivity contribution in [3.8, 4) is 0 Å². The summed E-state index contributed by atoms with van der Waals surface area (Å²) in [5, 5.41) is 9.37. The van der Waals surface area contributed by atoms with Crippen LogP contribution >= 0.6 is 0 Å². The largest absolute Gasteiger partial charge is 0.480 e. The van der Waals surface area contributed by atoms with Crippen LogP contribution in [0.5, 0.6) is 0 Å². The Balaban J connectivity index is 2.76. The van der Waals surface area contributed by atoms with Gasteiger partial charge in [0.2, 0.25) is 0 Å². The van der Waals surface area contributed by atoms with E-state index in [4.69, 9.17) is 4.74 Å². The number of hydrogen-bond donors (Lipinski definition) is 1. The number of ether oxygens (including phenoxy) is 1. The van der Waals surface area contributed by atoms with E-state index in [9.17, 15) is 14.7 Å². The van der Waals surface area contributed by atoms with Gasteiger partial charge in [0.15, 0.2) is 0 Å². The van der Waals surface area contributed by atoms with Crippen LogP contribution in [-0.2, 0) is 16.1 Å². The summed E-state index contributed by atoms with van der Waals surface area (Å²) in [5.74, 6) is -0.887. The third kappa shape index (κ3) is 5.60. The predicted molar refractivity (Wildman–Crippen MR) is 84.4 cm³/mol. The minimum absolute atomic E-state index is 0.112. The highest BCUT2D eigenvalue weighted by Crippen LogP contribution is 2.14. The Morgan fingerprint density at radius 2 is 1.95 bits per heavy atom. The van der Waals surface area contributed by atoms with Gasteiger partial charge in [-0.05, 0) is 17.9 Å². The Labute approximate surface area is 131 Å². The van der Waals surface area contributed by atoms with Gasteiger partial charge in [-0.2, -0.15) is 0 Å². The first-order chi connectivity index (χ1) is 10.5. The summed E-state index contributed by atoms with van der Waals surface area (Å²) in [6.45, 7) is 7.66. The minimum atomic E-state index is -1.03. The molecule has 0 aliphatic carbocycles. The number of carbonyl (C=O) groups excluding carboxylic acids is 1. The van der Waals surface area contributed by atoms with Crippen LogP contribution in [-0.4, -0.2) is 34.7 Å². The molecule has 22 heavy (non-hydrogen) atoms. The smallest absolute Gasteiger partial charge is 0.411 e. The lowest BCUT2D eigenvalue weighted by molar-refractivity contribution is -0.143. The summed E-state index contributed by atoms with van der Waals surface area (Å²) in [6.07, 6.45) is 1.22. The molecule has 1 aromatic carbocycles. The van der Waals surface area contributed by atoms with Crippen molar-refractivity contribution in [2.24, 2.45) is 5.92 Å². The zero-order valence-corrected chi connectivity index (χ0v) is 13.1. The quantitative estimate of drug-likeness (QED) is 0.748. The van der Waals surface area contributed by atoms with Crippen molar-refractivity contribution in [2.75, 3.05) is 6.54 Å². The van der Waals surface area contributed by atoms with Crippen LogP contribution in [0.25, 0.3) is 0 Å². The van der Waals surface area contributed by atoms with E-state index in [0.717, 1.165) is 5.56 Å². The number of carbonyl (C=O) groups is 2. The predicted octanol–water partition coefficient (Wildman–Crippen LogP) is 3.31. The lowest BCUT2D eigenvalue weighted by Gasteiger charge is -2.28. The van der Waals surface area contributed by atoms with Crippen molar-refractivity contribution >= 4 is 12.1 Å². The first-order valence-corrected chi connectivity index (χ1v) is 7.26. The van der Waals surface area contributed by atoms with Crippen molar-refractivity contribution in [3.63, 3.8) is 0 Å². The van der Waals surface area contributed by atoms with Gasteiger partial charge in [-0.3, -0.25) is 4.90 Å². The minimum Gasteiger partial charge on any atom is -0.480 e. The molecule has 0 saturated carbocycles. The zero-order chi connectivity index (χ0) is 16.5. The summed E-state index contributed by atoms with van der Waals surface area (Å²) in [5.41, 5.74) is 0.852. The number of benzene rings is 1. The lowest BCUT2D eigenvalue weighted by Crippen LogP contribution is -2.46. The third-order valence-electron chi connectivity index (χ3n) is 3.12. The van der Waals surface area contributed by atoms with Crippen LogP contribution in [0.15, 0.2) is 43.0 Å². The van der Waals surface area contributed by atoms with Gasteiger partial charge in [-0.15, -0.1) is 6.58 Å². The van der Waals surface area contributed by atoms with Crippen molar-refractivity contribution in [2.45, 2.75) is 32.9 Å². The van der Waals surface area contributed by atoms with Crippen molar-refractivity contribution in [3.05, 3.63) is 48.6 Å². The van der Waals surface area contributed by atoms with Crippen LogP contribution in [0.1, 0.15) is 25.8 Å². The molecule has 0 bridgehead atoms. The van der Waals surface area contributed by atoms with E-state index in [1.165, 1.54) is 11.0 Å². The summed E-state index contributed by atoms with van der Waals surface area (Å²) in [6, 6.07) is 8.34. The van der Waals surface area contributed by atoms with E-state index in [2.05, 4.69) is 6.58 Å². The second-order valence-electron chi connectivity index (χ2n) is 5.46. The molecule has 0 saturated heterocycles. The molecule has 0 radical (unpaired) electrons. The molecule has 1 atom stereocenters. The van der Waals surface area contributed by atoms with Crippen LogP contribution in [0.4, 0.5) is 4.79 Å². The van der Waals surface area contributed by atoms with Crippen LogP contribution < -0.4 is 0 Å². The number of carboxylic acid groups (broad SMARTS) is 1. The average molecular weight is 305 g/mol. The second kappa shape index (κ2) is 8.87. The summed E-state index contributed by atoms with van der Waals surface area (Å²) < 4.78 is 5.23. The number of nitrogens with zero attached hydrogens (tertiary/aromatic N) is 1. The molecule has 1 unspecified atom stereocenters. The van der Waals surface area contributed by atoms with Crippen LogP contribution in [0.2, 0.25) is 0 Å². The number of aliphatic carboxylic acids is 1. The molecule has 0 heterocycles. The Bertz CT molecular complexity index is 499. The normalized spacial score (nSPS) is 11.8. The maximum atomic E-state index is 12.2. The Kier molecular flexibility index (Phi) is 7.16. The fraction of sp³-hybridized carbons (Fsp3) is 0.412. The molecule has 0 aromatic heterocycles. The monoisotopic (exact) mass is 305 g/mol. The summed E-state index contributed by atoms with van der Waals surface area (Å²) >= 11 is 0. The Morgan fingerprint density at radius 1 is 1.32 bits per heavy atom. The van der Waals surface area contributed by atoms with Crippen molar-refractivity contribution in [1.82, 2.24) is 4.90 Å². The summed E-state index contributed by atoms with van der Waals surface area (Å²) in [7, 11) is 0. The van der Waals surface area contributed by atoms with Gasteiger partial charge in [0, 0.05) is 6.54 Å². The fourth-order valence-electron chi connectivity index (χ4n) is 2.08. The summed E-state index contributed by atoms with van der Waals surface area (Å²) in [4.78, 5) is 24.9. The highest BCUT2D eigenvalue weighted by atomic mass is 16.6. The molecular weight excluding hydrogens is 282 g/mol. The molecule has 5 nitrogen and oxygen atoms in total. The fourth-order valence-corrected chi connectivity index (χ4v) is 2.08. The first-order valence-electron chi connectivity index (χ1n) is 7.26. The lowest BCUT2D eigenvalue weighted by atomic mass is 10.0. The number of hydrogen-bond acceptors (Lipinski definition) is 3. The molecule has 0 spiro atoms. The number of rotatable bonds is 8. The topological polar surface area (TPSA) is 66.8 Å². The van der Waals surface area contributed by atoms with Crippen LogP contribution in [0, 0.1) is 5.92 Å². The molecule has 5 heteroatoms.